The van der Waals surface area contributed by atoms with E-state index in [0.29, 0.717) is 0 Å². The van der Waals surface area contributed by atoms with E-state index in [1.165, 1.54) is 0 Å². The van der Waals surface area contributed by atoms with Gasteiger partial charge in [0.1, 0.15) is 0 Å². The molecule has 0 N–H and O–H groups in total. The minimum absolute atomic E-state index is 0.0997. The van der Waals surface area contributed by atoms with Crippen LogP contribution in [-0.2, 0) is 18.4 Å². The molecule has 20 heavy (non-hydrogen) atoms. The van der Waals surface area contributed by atoms with Crippen LogP contribution < -0.4 is 0 Å². The molecule has 1 aliphatic rings. The molecule has 1 saturated carbocycles. The van der Waals surface area contributed by atoms with E-state index in [1.807, 2.05) is 39.3 Å². The number of hydrogen-bond acceptors (Lipinski definition) is 4. The van der Waals surface area contributed by atoms with Crippen LogP contribution >= 0.6 is 0 Å². The third-order valence-corrected chi connectivity index (χ3v) is 4.82. The van der Waals surface area contributed by atoms with Gasteiger partial charge in [-0.1, -0.05) is 12.8 Å². The maximum Gasteiger partial charge on any atom is 0.307 e. The van der Waals surface area contributed by atoms with E-state index >= 15 is 0 Å². The van der Waals surface area contributed by atoms with Gasteiger partial charge in [0.2, 0.25) is 16.6 Å². The van der Waals surface area contributed by atoms with E-state index in [1.54, 1.807) is 0 Å². The van der Waals surface area contributed by atoms with Gasteiger partial charge in [0.25, 0.3) is 0 Å². The molecular weight excluding hydrogens is 288 g/mol. The number of carbonyl (C=O) groups is 2. The average molecular weight is 317 g/mol. The van der Waals surface area contributed by atoms with E-state index in [4.69, 9.17) is 8.85 Å². The molecule has 0 atom stereocenters. The predicted molar refractivity (Wildman–Crippen MR) is 84.3 cm³/mol. The van der Waals surface area contributed by atoms with Crippen LogP contribution in [0.1, 0.15) is 25.7 Å². The van der Waals surface area contributed by atoms with Crippen LogP contribution in [0.3, 0.4) is 0 Å². The lowest BCUT2D eigenvalue weighted by Crippen LogP contribution is -2.42. The summed E-state index contributed by atoms with van der Waals surface area (Å²) in [5.74, 6) is -1.34. The largest absolute Gasteiger partial charge is 0.519 e. The van der Waals surface area contributed by atoms with E-state index < -0.39 is 22.6 Å². The number of carbonyl (C=O) groups excluding carboxylic acids is 2. The molecule has 0 aromatic heterocycles. The minimum atomic E-state index is -1.98. The second-order valence-corrected chi connectivity index (χ2v) is 16.4. The molecule has 0 aromatic carbocycles. The highest BCUT2D eigenvalue weighted by Gasteiger charge is 2.41. The fourth-order valence-electron chi connectivity index (χ4n) is 2.50. The molecule has 0 heterocycles. The van der Waals surface area contributed by atoms with Crippen LogP contribution in [0.25, 0.3) is 0 Å². The first-order chi connectivity index (χ1) is 8.99. The highest BCUT2D eigenvalue weighted by Crippen LogP contribution is 2.34. The molecule has 4 nitrogen and oxygen atoms in total. The van der Waals surface area contributed by atoms with Crippen molar-refractivity contribution in [2.75, 3.05) is 0 Å². The summed E-state index contributed by atoms with van der Waals surface area (Å²) in [6, 6.07) is 0. The van der Waals surface area contributed by atoms with Crippen LogP contribution in [0.5, 0.6) is 0 Å². The molecule has 1 rings (SSSR count). The zero-order valence-electron chi connectivity index (χ0n) is 13.6. The van der Waals surface area contributed by atoms with Crippen molar-refractivity contribution in [2.45, 2.75) is 65.0 Å². The Bertz CT molecular complexity index is 334. The minimum Gasteiger partial charge on any atom is -0.519 e. The monoisotopic (exact) mass is 316 g/mol. The Morgan fingerprint density at radius 3 is 1.50 bits per heavy atom. The molecule has 6 heteroatoms. The Kier molecular flexibility index (Phi) is 5.60. The first-order valence-electron chi connectivity index (χ1n) is 7.45. The zero-order valence-corrected chi connectivity index (χ0v) is 15.6. The molecule has 116 valence electrons. The summed E-state index contributed by atoms with van der Waals surface area (Å²) in [7, 11) is -3.97. The Labute approximate surface area is 124 Å². The maximum absolute atomic E-state index is 12.4. The smallest absolute Gasteiger partial charge is 0.307 e. The fraction of sp³-hybridized carbons (Fsp3) is 0.857. The van der Waals surface area contributed by atoms with Crippen molar-refractivity contribution < 1.29 is 18.4 Å². The van der Waals surface area contributed by atoms with E-state index in [-0.39, 0.29) is 17.9 Å². The third kappa shape index (κ3) is 5.79. The first-order valence-corrected chi connectivity index (χ1v) is 14.3. The summed E-state index contributed by atoms with van der Waals surface area (Å²) in [6.45, 7) is 11.8. The average Bonchev–Trinajstić information content (AvgIpc) is 2.64. The van der Waals surface area contributed by atoms with Gasteiger partial charge < -0.3 is 8.85 Å². The zero-order chi connectivity index (χ0) is 15.6. The Balaban J connectivity index is 2.85. The summed E-state index contributed by atoms with van der Waals surface area (Å²) in [4.78, 5) is 24.8. The Morgan fingerprint density at radius 1 is 0.850 bits per heavy atom. The van der Waals surface area contributed by atoms with E-state index in [2.05, 4.69) is 0 Å². The molecule has 0 amide bonds. The van der Waals surface area contributed by atoms with Gasteiger partial charge >= 0.3 is 11.9 Å². The van der Waals surface area contributed by atoms with Crippen LogP contribution in [0, 0.1) is 11.8 Å². The van der Waals surface area contributed by atoms with Gasteiger partial charge in [0.05, 0.1) is 0 Å². The summed E-state index contributed by atoms with van der Waals surface area (Å²) in [5, 5.41) is 0. The Hall–Kier alpha value is -0.626. The van der Waals surface area contributed by atoms with Gasteiger partial charge in [-0.15, -0.1) is 0 Å². The fourth-order valence-corrected chi connectivity index (χ4v) is 3.96. The molecule has 0 unspecified atom stereocenters. The van der Waals surface area contributed by atoms with Crippen LogP contribution in [0.4, 0.5) is 0 Å². The standard InChI is InChI=1S/C14H28O4Si2/c1-19(2,3)17-13(15)12(11-9-7-8-10-11)14(16)18-20(4,5)6/h11-12H,7-10H2,1-6H3. The van der Waals surface area contributed by atoms with Gasteiger partial charge in [0.15, 0.2) is 5.92 Å². The Morgan fingerprint density at radius 2 is 1.20 bits per heavy atom. The molecule has 0 saturated heterocycles. The topological polar surface area (TPSA) is 52.6 Å². The molecule has 1 fully saturated rings. The van der Waals surface area contributed by atoms with Crippen molar-refractivity contribution in [3.63, 3.8) is 0 Å². The SMILES string of the molecule is C[Si](C)(C)OC(=O)C(C(=O)O[Si](C)(C)C)C1CCCC1. The van der Waals surface area contributed by atoms with Crippen molar-refractivity contribution in [2.24, 2.45) is 11.8 Å². The van der Waals surface area contributed by atoms with E-state index in [9.17, 15) is 9.59 Å². The van der Waals surface area contributed by atoms with Gasteiger partial charge in [-0.05, 0) is 58.0 Å². The van der Waals surface area contributed by atoms with Crippen molar-refractivity contribution >= 4 is 28.6 Å². The van der Waals surface area contributed by atoms with Crippen molar-refractivity contribution in [1.82, 2.24) is 0 Å². The molecule has 0 aliphatic heterocycles. The van der Waals surface area contributed by atoms with Crippen LogP contribution in [0.2, 0.25) is 39.3 Å². The summed E-state index contributed by atoms with van der Waals surface area (Å²) >= 11 is 0. The van der Waals surface area contributed by atoms with Crippen LogP contribution in [0.15, 0.2) is 0 Å². The predicted octanol–water partition coefficient (Wildman–Crippen LogP) is 3.55. The molecule has 0 spiro atoms. The van der Waals surface area contributed by atoms with E-state index in [0.717, 1.165) is 25.7 Å². The number of rotatable bonds is 5. The van der Waals surface area contributed by atoms with Crippen molar-refractivity contribution in [3.05, 3.63) is 0 Å². The van der Waals surface area contributed by atoms with Crippen molar-refractivity contribution in [3.8, 4) is 0 Å². The normalized spacial score (nSPS) is 17.4. The second-order valence-electron chi connectivity index (χ2n) is 7.59. The van der Waals surface area contributed by atoms with Gasteiger partial charge in [-0.3, -0.25) is 9.59 Å². The highest BCUT2D eigenvalue weighted by molar-refractivity contribution is 6.72. The lowest BCUT2D eigenvalue weighted by atomic mass is 9.91. The maximum atomic E-state index is 12.4. The second kappa shape index (κ2) is 6.43. The molecule has 0 bridgehead atoms. The summed E-state index contributed by atoms with van der Waals surface area (Å²) in [6.07, 6.45) is 4.02. The van der Waals surface area contributed by atoms with Gasteiger partial charge in [-0.2, -0.15) is 0 Å². The lowest BCUT2D eigenvalue weighted by Gasteiger charge is -2.28. The molecule has 1 aliphatic carbocycles. The summed E-state index contributed by atoms with van der Waals surface area (Å²) in [5.41, 5.74) is 0. The lowest BCUT2D eigenvalue weighted by molar-refractivity contribution is -0.154. The quantitative estimate of drug-likeness (QED) is 0.575. The van der Waals surface area contributed by atoms with Crippen molar-refractivity contribution in [1.29, 1.82) is 0 Å². The van der Waals surface area contributed by atoms with Crippen LogP contribution in [-0.4, -0.2) is 28.6 Å². The molecule has 0 radical (unpaired) electrons. The summed E-state index contributed by atoms with van der Waals surface area (Å²) < 4.78 is 11.1. The molecule has 0 aromatic rings. The number of hydrogen-bond donors (Lipinski definition) is 0. The van der Waals surface area contributed by atoms with Gasteiger partial charge in [0, 0.05) is 0 Å². The first kappa shape index (κ1) is 17.4. The third-order valence-electron chi connectivity index (χ3n) is 3.19. The molecular formula is C14H28O4Si2. The van der Waals surface area contributed by atoms with Gasteiger partial charge in [-0.25, -0.2) is 0 Å². The highest BCUT2D eigenvalue weighted by atomic mass is 28.4.